The predicted molar refractivity (Wildman–Crippen MR) is 57.2 cm³/mol. The lowest BCUT2D eigenvalue weighted by Crippen LogP contribution is -2.19. The Balaban J connectivity index is 0.00000169. The van der Waals surface area contributed by atoms with E-state index in [-0.39, 0.29) is 18.2 Å². The van der Waals surface area contributed by atoms with E-state index in [4.69, 9.17) is 11.5 Å². The maximum absolute atomic E-state index is 11.0. The Morgan fingerprint density at radius 2 is 2.21 bits per heavy atom. The summed E-state index contributed by atoms with van der Waals surface area (Å²) in [4.78, 5) is 14.8. The summed E-state index contributed by atoms with van der Waals surface area (Å²) in [7, 11) is 0. The molecule has 14 heavy (non-hydrogen) atoms. The molecule has 0 aliphatic rings. The standard InChI is InChI=1S/C8H14N4O.ClH/c1-5(2)3-12-4-11-7(9)6(12)8(10)13;/h4-5H,3,9H2,1-2H3,(H2,10,13);1H. The molecule has 0 atom stereocenters. The molecule has 6 heteroatoms. The molecule has 0 aliphatic carbocycles. The summed E-state index contributed by atoms with van der Waals surface area (Å²) in [6.07, 6.45) is 1.54. The first-order chi connectivity index (χ1) is 6.02. The van der Waals surface area contributed by atoms with E-state index < -0.39 is 5.91 Å². The van der Waals surface area contributed by atoms with Gasteiger partial charge in [0.15, 0.2) is 11.5 Å². The molecule has 1 aromatic heterocycles. The minimum absolute atomic E-state index is 0. The van der Waals surface area contributed by atoms with Gasteiger partial charge in [-0.2, -0.15) is 0 Å². The molecular weight excluding hydrogens is 204 g/mol. The van der Waals surface area contributed by atoms with Crippen molar-refractivity contribution in [2.45, 2.75) is 20.4 Å². The number of hydrogen-bond acceptors (Lipinski definition) is 3. The summed E-state index contributed by atoms with van der Waals surface area (Å²) in [5, 5.41) is 0. The van der Waals surface area contributed by atoms with Crippen LogP contribution < -0.4 is 11.5 Å². The molecule has 0 fully saturated rings. The Labute approximate surface area is 88.9 Å². The fourth-order valence-electron chi connectivity index (χ4n) is 1.20. The fourth-order valence-corrected chi connectivity index (χ4v) is 1.20. The Kier molecular flexibility index (Phi) is 4.43. The molecule has 0 aliphatic heterocycles. The lowest BCUT2D eigenvalue weighted by molar-refractivity contribution is 0.0991. The Morgan fingerprint density at radius 1 is 1.64 bits per heavy atom. The monoisotopic (exact) mass is 218 g/mol. The van der Waals surface area contributed by atoms with Gasteiger partial charge in [0.25, 0.3) is 5.91 Å². The summed E-state index contributed by atoms with van der Waals surface area (Å²) in [6.45, 7) is 4.78. The van der Waals surface area contributed by atoms with Crippen molar-refractivity contribution in [3.05, 3.63) is 12.0 Å². The summed E-state index contributed by atoms with van der Waals surface area (Å²) in [5.41, 5.74) is 10.9. The molecule has 1 aromatic rings. The van der Waals surface area contributed by atoms with E-state index in [1.54, 1.807) is 4.57 Å². The molecule has 0 bridgehead atoms. The lowest BCUT2D eigenvalue weighted by atomic mass is 10.2. The van der Waals surface area contributed by atoms with E-state index in [0.717, 1.165) is 0 Å². The van der Waals surface area contributed by atoms with Gasteiger partial charge in [-0.3, -0.25) is 4.79 Å². The summed E-state index contributed by atoms with van der Waals surface area (Å²) >= 11 is 0. The molecule has 1 rings (SSSR count). The number of anilines is 1. The van der Waals surface area contributed by atoms with Crippen molar-refractivity contribution < 1.29 is 4.79 Å². The van der Waals surface area contributed by atoms with Crippen LogP contribution in [0.2, 0.25) is 0 Å². The third kappa shape index (κ3) is 2.63. The van der Waals surface area contributed by atoms with Crippen LogP contribution in [0.4, 0.5) is 5.82 Å². The Morgan fingerprint density at radius 3 is 2.64 bits per heavy atom. The number of nitrogens with two attached hydrogens (primary N) is 2. The quantitative estimate of drug-likeness (QED) is 0.781. The fraction of sp³-hybridized carbons (Fsp3) is 0.500. The van der Waals surface area contributed by atoms with Gasteiger partial charge in [0.1, 0.15) is 0 Å². The highest BCUT2D eigenvalue weighted by atomic mass is 35.5. The first kappa shape index (κ1) is 12.8. The maximum Gasteiger partial charge on any atom is 0.269 e. The molecule has 80 valence electrons. The highest BCUT2D eigenvalue weighted by Gasteiger charge is 2.13. The van der Waals surface area contributed by atoms with Gasteiger partial charge in [-0.25, -0.2) is 4.98 Å². The minimum Gasteiger partial charge on any atom is -0.382 e. The molecule has 1 heterocycles. The van der Waals surface area contributed by atoms with Crippen molar-refractivity contribution in [1.82, 2.24) is 9.55 Å². The van der Waals surface area contributed by atoms with E-state index in [1.807, 2.05) is 13.8 Å². The number of imidazole rings is 1. The van der Waals surface area contributed by atoms with Gasteiger partial charge in [0.2, 0.25) is 0 Å². The van der Waals surface area contributed by atoms with Crippen LogP contribution in [0, 0.1) is 5.92 Å². The van der Waals surface area contributed by atoms with Gasteiger partial charge in [-0.1, -0.05) is 13.8 Å². The zero-order valence-electron chi connectivity index (χ0n) is 8.23. The highest BCUT2D eigenvalue weighted by Crippen LogP contribution is 2.10. The number of carbonyl (C=O) groups is 1. The summed E-state index contributed by atoms with van der Waals surface area (Å²) in [6, 6.07) is 0. The molecule has 0 saturated carbocycles. The number of halogens is 1. The van der Waals surface area contributed by atoms with Crippen LogP contribution >= 0.6 is 12.4 Å². The molecule has 0 unspecified atom stereocenters. The number of rotatable bonds is 3. The van der Waals surface area contributed by atoms with Crippen LogP contribution in [0.3, 0.4) is 0 Å². The van der Waals surface area contributed by atoms with E-state index in [1.165, 1.54) is 6.33 Å². The van der Waals surface area contributed by atoms with Crippen molar-refractivity contribution in [3.8, 4) is 0 Å². The molecule has 0 spiro atoms. The largest absolute Gasteiger partial charge is 0.382 e. The van der Waals surface area contributed by atoms with Gasteiger partial charge < -0.3 is 16.0 Å². The van der Waals surface area contributed by atoms with Crippen LogP contribution in [0.15, 0.2) is 6.33 Å². The SMILES string of the molecule is CC(C)Cn1cnc(N)c1C(N)=O.Cl. The van der Waals surface area contributed by atoms with Gasteiger partial charge >= 0.3 is 0 Å². The van der Waals surface area contributed by atoms with Crippen LogP contribution in [-0.4, -0.2) is 15.5 Å². The van der Waals surface area contributed by atoms with Gasteiger partial charge in [0, 0.05) is 6.54 Å². The second-order valence-electron chi connectivity index (χ2n) is 3.39. The predicted octanol–water partition coefficient (Wildman–Crippen LogP) is 0.642. The molecule has 5 nitrogen and oxygen atoms in total. The number of amides is 1. The lowest BCUT2D eigenvalue weighted by Gasteiger charge is -2.08. The zero-order valence-corrected chi connectivity index (χ0v) is 9.04. The second kappa shape index (κ2) is 4.85. The van der Waals surface area contributed by atoms with Crippen molar-refractivity contribution in [2.24, 2.45) is 11.7 Å². The first-order valence-corrected chi connectivity index (χ1v) is 4.12. The maximum atomic E-state index is 11.0. The van der Waals surface area contributed by atoms with Gasteiger partial charge in [-0.05, 0) is 5.92 Å². The number of aromatic nitrogens is 2. The number of primary amides is 1. The number of hydrogen-bond donors (Lipinski definition) is 2. The first-order valence-electron chi connectivity index (χ1n) is 4.12. The molecule has 1 amide bonds. The van der Waals surface area contributed by atoms with Crippen LogP contribution in [-0.2, 0) is 6.54 Å². The number of carbonyl (C=O) groups excluding carboxylic acids is 1. The average molecular weight is 219 g/mol. The summed E-state index contributed by atoms with van der Waals surface area (Å²) < 4.78 is 1.68. The van der Waals surface area contributed by atoms with Crippen molar-refractivity contribution >= 4 is 24.1 Å². The topological polar surface area (TPSA) is 86.9 Å². The molecule has 4 N–H and O–H groups in total. The van der Waals surface area contributed by atoms with E-state index >= 15 is 0 Å². The van der Waals surface area contributed by atoms with E-state index in [0.29, 0.717) is 18.2 Å². The van der Waals surface area contributed by atoms with Crippen LogP contribution in [0.25, 0.3) is 0 Å². The highest BCUT2D eigenvalue weighted by molar-refractivity contribution is 5.95. The molecular formula is C8H15ClN4O. The third-order valence-electron chi connectivity index (χ3n) is 1.66. The zero-order chi connectivity index (χ0) is 10.0. The minimum atomic E-state index is -0.532. The average Bonchev–Trinajstić information content (AvgIpc) is 2.30. The normalized spacial score (nSPS) is 9.93. The van der Waals surface area contributed by atoms with Gasteiger partial charge in [0.05, 0.1) is 6.33 Å². The Hall–Kier alpha value is -1.23. The molecule has 0 aromatic carbocycles. The third-order valence-corrected chi connectivity index (χ3v) is 1.66. The van der Waals surface area contributed by atoms with Gasteiger partial charge in [-0.15, -0.1) is 12.4 Å². The van der Waals surface area contributed by atoms with E-state index in [9.17, 15) is 4.79 Å². The van der Waals surface area contributed by atoms with E-state index in [2.05, 4.69) is 4.98 Å². The van der Waals surface area contributed by atoms with Crippen molar-refractivity contribution in [1.29, 1.82) is 0 Å². The second-order valence-corrected chi connectivity index (χ2v) is 3.39. The van der Waals surface area contributed by atoms with Crippen LogP contribution in [0.1, 0.15) is 24.3 Å². The van der Waals surface area contributed by atoms with Crippen LogP contribution in [0.5, 0.6) is 0 Å². The number of nitrogens with zero attached hydrogens (tertiary/aromatic N) is 2. The van der Waals surface area contributed by atoms with Crippen molar-refractivity contribution in [2.75, 3.05) is 5.73 Å². The summed E-state index contributed by atoms with van der Waals surface area (Å²) in [5.74, 6) is 0.0931. The Bertz CT molecular complexity index is 321. The smallest absolute Gasteiger partial charge is 0.269 e. The molecule has 0 radical (unpaired) electrons. The van der Waals surface area contributed by atoms with Crippen molar-refractivity contribution in [3.63, 3.8) is 0 Å². The molecule has 0 saturated heterocycles. The number of nitrogen functional groups attached to an aromatic ring is 1.